The quantitative estimate of drug-likeness (QED) is 0.801. The number of aromatic nitrogens is 1. The molecule has 3 N–H and O–H groups in total. The number of nitrogens with two attached hydrogens (primary N) is 1. The summed E-state index contributed by atoms with van der Waals surface area (Å²) in [5, 5.41) is 10.8. The predicted octanol–water partition coefficient (Wildman–Crippen LogP) is 2.38. The lowest BCUT2D eigenvalue weighted by molar-refractivity contribution is -0.0364. The van der Waals surface area contributed by atoms with Gasteiger partial charge in [0.2, 0.25) is 0 Å². The highest BCUT2D eigenvalue weighted by Gasteiger charge is 2.40. The van der Waals surface area contributed by atoms with Gasteiger partial charge in [0.15, 0.2) is 0 Å². The van der Waals surface area contributed by atoms with Crippen molar-refractivity contribution in [3.05, 3.63) is 29.0 Å². The largest absolute Gasteiger partial charge is 0.388 e. The molecule has 1 heterocycles. The Morgan fingerprint density at radius 1 is 1.53 bits per heavy atom. The van der Waals surface area contributed by atoms with Gasteiger partial charge < -0.3 is 10.8 Å². The van der Waals surface area contributed by atoms with Gasteiger partial charge in [-0.1, -0.05) is 17.7 Å². The summed E-state index contributed by atoms with van der Waals surface area (Å²) in [5.74, 6) is 0. The van der Waals surface area contributed by atoms with E-state index in [1.54, 1.807) is 18.3 Å². The fourth-order valence-electron chi connectivity index (χ4n) is 2.31. The predicted molar refractivity (Wildman–Crippen MR) is 64.5 cm³/mol. The molecule has 2 rings (SSSR count). The molecule has 0 amide bonds. The lowest BCUT2D eigenvalue weighted by Gasteiger charge is -2.38. The van der Waals surface area contributed by atoms with E-state index in [1.807, 2.05) is 0 Å². The standard InChI is InChI=1S/C12H16ClFN2O/c13-11-9(2-1-7-16-11)10(15)12(17)5-3-8(14)4-6-12/h1-2,7-8,10,17H,3-6,15H2. The minimum Gasteiger partial charge on any atom is -0.388 e. The molecule has 1 fully saturated rings. The fourth-order valence-corrected chi connectivity index (χ4v) is 2.55. The van der Waals surface area contributed by atoms with Crippen molar-refractivity contribution in [2.75, 3.05) is 0 Å². The van der Waals surface area contributed by atoms with Crippen molar-refractivity contribution < 1.29 is 9.50 Å². The zero-order chi connectivity index (χ0) is 12.5. The Labute approximate surface area is 105 Å². The average molecular weight is 259 g/mol. The van der Waals surface area contributed by atoms with E-state index in [1.165, 1.54) is 0 Å². The highest BCUT2D eigenvalue weighted by Crippen LogP contribution is 2.39. The van der Waals surface area contributed by atoms with E-state index < -0.39 is 17.8 Å². The van der Waals surface area contributed by atoms with Crippen LogP contribution < -0.4 is 5.73 Å². The van der Waals surface area contributed by atoms with Crippen LogP contribution in [0.15, 0.2) is 18.3 Å². The minimum atomic E-state index is -1.07. The number of alkyl halides is 1. The molecule has 0 aromatic carbocycles. The molecule has 1 aliphatic rings. The highest BCUT2D eigenvalue weighted by molar-refractivity contribution is 6.30. The van der Waals surface area contributed by atoms with Gasteiger partial charge in [0.25, 0.3) is 0 Å². The van der Waals surface area contributed by atoms with Gasteiger partial charge >= 0.3 is 0 Å². The van der Waals surface area contributed by atoms with Crippen LogP contribution in [0.25, 0.3) is 0 Å². The van der Waals surface area contributed by atoms with Crippen molar-refractivity contribution in [1.82, 2.24) is 4.98 Å². The van der Waals surface area contributed by atoms with Gasteiger partial charge in [-0.3, -0.25) is 0 Å². The van der Waals surface area contributed by atoms with Crippen molar-refractivity contribution in [3.63, 3.8) is 0 Å². The summed E-state index contributed by atoms with van der Waals surface area (Å²) in [5.41, 5.74) is 5.60. The van der Waals surface area contributed by atoms with Crippen molar-refractivity contribution in [2.24, 2.45) is 5.73 Å². The van der Waals surface area contributed by atoms with Crippen molar-refractivity contribution in [1.29, 1.82) is 0 Å². The third-order valence-corrected chi connectivity index (χ3v) is 3.80. The first-order chi connectivity index (χ1) is 8.03. The number of aliphatic hydroxyl groups is 1. The summed E-state index contributed by atoms with van der Waals surface area (Å²) >= 11 is 5.95. The van der Waals surface area contributed by atoms with E-state index in [4.69, 9.17) is 17.3 Å². The SMILES string of the molecule is NC(c1cccnc1Cl)C1(O)CCC(F)CC1. The van der Waals surface area contributed by atoms with E-state index in [0.717, 1.165) is 0 Å². The molecule has 0 radical (unpaired) electrons. The summed E-state index contributed by atoms with van der Waals surface area (Å²) < 4.78 is 13.1. The van der Waals surface area contributed by atoms with Crippen LogP contribution in [0.1, 0.15) is 37.3 Å². The first kappa shape index (κ1) is 12.7. The maximum Gasteiger partial charge on any atom is 0.133 e. The number of halogens is 2. The number of hydrogen-bond acceptors (Lipinski definition) is 3. The molecular weight excluding hydrogens is 243 g/mol. The third kappa shape index (κ3) is 2.59. The molecule has 1 atom stereocenters. The van der Waals surface area contributed by atoms with E-state index in [-0.39, 0.29) is 0 Å². The normalized spacial score (nSPS) is 31.2. The number of nitrogens with zero attached hydrogens (tertiary/aromatic N) is 1. The zero-order valence-corrected chi connectivity index (χ0v) is 10.2. The average Bonchev–Trinajstić information content (AvgIpc) is 2.33. The van der Waals surface area contributed by atoms with Gasteiger partial charge in [0.05, 0.1) is 11.6 Å². The van der Waals surface area contributed by atoms with Gasteiger partial charge in [-0.25, -0.2) is 9.37 Å². The van der Waals surface area contributed by atoms with Gasteiger partial charge in [0, 0.05) is 11.8 Å². The van der Waals surface area contributed by atoms with Crippen LogP contribution in [0.3, 0.4) is 0 Å². The molecule has 1 unspecified atom stereocenters. The summed E-state index contributed by atoms with van der Waals surface area (Å²) in [6.07, 6.45) is 2.17. The van der Waals surface area contributed by atoms with E-state index >= 15 is 0 Å². The molecular formula is C12H16ClFN2O. The molecule has 0 bridgehead atoms. The molecule has 94 valence electrons. The maximum absolute atomic E-state index is 13.1. The molecule has 0 saturated heterocycles. The topological polar surface area (TPSA) is 59.1 Å². The lowest BCUT2D eigenvalue weighted by Crippen LogP contribution is -2.44. The van der Waals surface area contributed by atoms with Crippen LogP contribution in [0.2, 0.25) is 5.15 Å². The molecule has 0 aliphatic heterocycles. The Bertz CT molecular complexity index is 394. The minimum absolute atomic E-state index is 0.302. The Morgan fingerprint density at radius 2 is 2.18 bits per heavy atom. The Hall–Kier alpha value is -0.710. The second kappa shape index (κ2) is 4.88. The van der Waals surface area contributed by atoms with Crippen molar-refractivity contribution in [2.45, 2.75) is 43.5 Å². The van der Waals surface area contributed by atoms with Crippen LogP contribution in [0.4, 0.5) is 4.39 Å². The Morgan fingerprint density at radius 3 is 2.76 bits per heavy atom. The lowest BCUT2D eigenvalue weighted by atomic mass is 9.77. The van der Waals surface area contributed by atoms with Gasteiger partial charge in [0.1, 0.15) is 11.3 Å². The second-order valence-electron chi connectivity index (χ2n) is 4.64. The first-order valence-electron chi connectivity index (χ1n) is 5.75. The number of pyridine rings is 1. The van der Waals surface area contributed by atoms with Crippen molar-refractivity contribution >= 4 is 11.6 Å². The van der Waals surface area contributed by atoms with Gasteiger partial charge in [-0.05, 0) is 31.7 Å². The fraction of sp³-hybridized carbons (Fsp3) is 0.583. The summed E-state index contributed by atoms with van der Waals surface area (Å²) in [7, 11) is 0. The molecule has 5 heteroatoms. The summed E-state index contributed by atoms with van der Waals surface area (Å²) in [4.78, 5) is 3.94. The second-order valence-corrected chi connectivity index (χ2v) is 5.00. The molecule has 1 aromatic heterocycles. The van der Waals surface area contributed by atoms with Crippen molar-refractivity contribution in [3.8, 4) is 0 Å². The van der Waals surface area contributed by atoms with Gasteiger partial charge in [-0.2, -0.15) is 0 Å². The summed E-state index contributed by atoms with van der Waals surface area (Å²) in [6.45, 7) is 0. The maximum atomic E-state index is 13.1. The molecule has 0 spiro atoms. The number of rotatable bonds is 2. The van der Waals surface area contributed by atoms with Crippen LogP contribution in [-0.4, -0.2) is 21.9 Å². The number of hydrogen-bond donors (Lipinski definition) is 2. The van der Waals surface area contributed by atoms with Gasteiger partial charge in [-0.15, -0.1) is 0 Å². The molecule has 17 heavy (non-hydrogen) atoms. The van der Waals surface area contributed by atoms with Crippen LogP contribution >= 0.6 is 11.6 Å². The van der Waals surface area contributed by atoms with E-state index in [0.29, 0.717) is 36.4 Å². The van der Waals surface area contributed by atoms with Crippen LogP contribution in [-0.2, 0) is 0 Å². The molecule has 3 nitrogen and oxygen atoms in total. The Balaban J connectivity index is 2.20. The monoisotopic (exact) mass is 258 g/mol. The van der Waals surface area contributed by atoms with E-state index in [2.05, 4.69) is 4.98 Å². The van der Waals surface area contributed by atoms with Crippen LogP contribution in [0, 0.1) is 0 Å². The van der Waals surface area contributed by atoms with Crippen LogP contribution in [0.5, 0.6) is 0 Å². The van der Waals surface area contributed by atoms with E-state index in [9.17, 15) is 9.50 Å². The zero-order valence-electron chi connectivity index (χ0n) is 9.44. The molecule has 1 aromatic rings. The molecule has 1 saturated carbocycles. The Kier molecular flexibility index (Phi) is 3.66. The molecule has 1 aliphatic carbocycles. The highest BCUT2D eigenvalue weighted by atomic mass is 35.5. The smallest absolute Gasteiger partial charge is 0.133 e. The first-order valence-corrected chi connectivity index (χ1v) is 6.13. The third-order valence-electron chi connectivity index (χ3n) is 3.48. The summed E-state index contributed by atoms with van der Waals surface area (Å²) in [6, 6.07) is 2.86.